The molecule has 0 saturated carbocycles. The van der Waals surface area contributed by atoms with Crippen LogP contribution in [-0.2, 0) is 4.79 Å². The summed E-state index contributed by atoms with van der Waals surface area (Å²) in [4.78, 5) is 22.8. The predicted molar refractivity (Wildman–Crippen MR) is 68.4 cm³/mol. The molecule has 0 aromatic heterocycles. The van der Waals surface area contributed by atoms with Crippen LogP contribution in [0, 0.1) is 5.92 Å². The molecule has 1 unspecified atom stereocenters. The highest BCUT2D eigenvalue weighted by atomic mass is 16.4. The van der Waals surface area contributed by atoms with E-state index < -0.39 is 12.0 Å². The van der Waals surface area contributed by atoms with Crippen molar-refractivity contribution in [2.75, 3.05) is 13.1 Å². The van der Waals surface area contributed by atoms with Gasteiger partial charge in [-0.15, -0.1) is 0 Å². The first-order valence-electron chi connectivity index (χ1n) is 6.55. The van der Waals surface area contributed by atoms with Crippen molar-refractivity contribution in [2.24, 2.45) is 5.92 Å². The van der Waals surface area contributed by atoms with E-state index >= 15 is 0 Å². The van der Waals surface area contributed by atoms with Gasteiger partial charge >= 0.3 is 12.0 Å². The summed E-state index contributed by atoms with van der Waals surface area (Å²) in [6, 6.07) is -1.07. The van der Waals surface area contributed by atoms with Crippen molar-refractivity contribution in [3.8, 4) is 0 Å². The highest BCUT2D eigenvalue weighted by molar-refractivity contribution is 5.82. The highest BCUT2D eigenvalue weighted by Gasteiger charge is 2.26. The molecule has 18 heavy (non-hydrogen) atoms. The third kappa shape index (κ3) is 4.52. The molecule has 0 aliphatic carbocycles. The number of carboxylic acids is 1. The molecule has 1 heterocycles. The fraction of sp³-hybridized carbons (Fsp3) is 0.833. The van der Waals surface area contributed by atoms with Crippen molar-refractivity contribution in [3.05, 3.63) is 0 Å². The smallest absolute Gasteiger partial charge is 0.326 e. The van der Waals surface area contributed by atoms with E-state index in [9.17, 15) is 9.59 Å². The van der Waals surface area contributed by atoms with Crippen molar-refractivity contribution in [3.63, 3.8) is 0 Å². The summed E-state index contributed by atoms with van der Waals surface area (Å²) in [5, 5.41) is 17.7. The summed E-state index contributed by atoms with van der Waals surface area (Å²) < 4.78 is 0. The second kappa shape index (κ2) is 7.20. The molecule has 2 atom stereocenters. The summed E-state index contributed by atoms with van der Waals surface area (Å²) in [5.74, 6) is -1.06. The Morgan fingerprint density at radius 2 is 2.00 bits per heavy atom. The van der Waals surface area contributed by atoms with E-state index in [1.807, 2.05) is 13.8 Å². The second-order valence-electron chi connectivity index (χ2n) is 4.84. The van der Waals surface area contributed by atoms with Crippen LogP contribution in [0.3, 0.4) is 0 Å². The number of hydrogen-bond acceptors (Lipinski definition) is 3. The maximum atomic E-state index is 11.7. The molecular weight excluding hydrogens is 234 g/mol. The minimum Gasteiger partial charge on any atom is -0.480 e. The average Bonchev–Trinajstić information content (AvgIpc) is 2.36. The molecule has 0 aromatic carbocycles. The molecule has 0 spiro atoms. The Morgan fingerprint density at radius 3 is 2.50 bits per heavy atom. The van der Waals surface area contributed by atoms with E-state index in [2.05, 4.69) is 16.0 Å². The third-order valence-electron chi connectivity index (χ3n) is 3.44. The van der Waals surface area contributed by atoms with Gasteiger partial charge in [-0.2, -0.15) is 0 Å². The maximum Gasteiger partial charge on any atom is 0.326 e. The van der Waals surface area contributed by atoms with Crippen LogP contribution in [-0.4, -0.2) is 42.3 Å². The Balaban J connectivity index is 2.42. The van der Waals surface area contributed by atoms with Crippen molar-refractivity contribution in [2.45, 2.75) is 45.2 Å². The molecule has 0 aromatic rings. The molecule has 104 valence electrons. The van der Waals surface area contributed by atoms with Gasteiger partial charge in [-0.05, 0) is 31.8 Å². The third-order valence-corrected chi connectivity index (χ3v) is 3.44. The molecule has 0 radical (unpaired) electrons. The van der Waals surface area contributed by atoms with Gasteiger partial charge in [-0.3, -0.25) is 0 Å². The first-order chi connectivity index (χ1) is 8.54. The lowest BCUT2D eigenvalue weighted by Gasteiger charge is -2.26. The van der Waals surface area contributed by atoms with Gasteiger partial charge in [0.05, 0.1) is 0 Å². The number of urea groups is 1. The zero-order valence-corrected chi connectivity index (χ0v) is 11.0. The lowest BCUT2D eigenvalue weighted by Crippen LogP contribution is -2.52. The normalized spacial score (nSPS) is 19.9. The quantitative estimate of drug-likeness (QED) is 0.578. The molecule has 0 bridgehead atoms. The number of piperidine rings is 1. The van der Waals surface area contributed by atoms with E-state index in [4.69, 9.17) is 5.11 Å². The summed E-state index contributed by atoms with van der Waals surface area (Å²) in [6.45, 7) is 5.51. The van der Waals surface area contributed by atoms with Gasteiger partial charge in [0.2, 0.25) is 0 Å². The molecule has 2 amide bonds. The summed E-state index contributed by atoms with van der Waals surface area (Å²) >= 11 is 0. The highest BCUT2D eigenvalue weighted by Crippen LogP contribution is 2.08. The van der Waals surface area contributed by atoms with E-state index in [1.165, 1.54) is 0 Å². The number of nitrogens with one attached hydrogen (secondary N) is 3. The van der Waals surface area contributed by atoms with Gasteiger partial charge in [-0.25, -0.2) is 9.59 Å². The zero-order valence-electron chi connectivity index (χ0n) is 11.0. The molecule has 6 heteroatoms. The standard InChI is InChI=1S/C12H23N3O3/c1-3-8(2)10(11(16)17)15-12(18)14-9-4-6-13-7-5-9/h8-10,13H,3-7H2,1-2H3,(H,16,17)(H2,14,15,18)/t8?,10-/m0/s1. The summed E-state index contributed by atoms with van der Waals surface area (Å²) in [6.07, 6.45) is 2.48. The number of rotatable bonds is 5. The Bertz CT molecular complexity index is 290. The van der Waals surface area contributed by atoms with Crippen LogP contribution < -0.4 is 16.0 Å². The van der Waals surface area contributed by atoms with Crippen LogP contribution in [0.1, 0.15) is 33.1 Å². The van der Waals surface area contributed by atoms with E-state index in [1.54, 1.807) is 0 Å². The lowest BCUT2D eigenvalue weighted by atomic mass is 9.99. The van der Waals surface area contributed by atoms with Crippen LogP contribution in [0.2, 0.25) is 0 Å². The van der Waals surface area contributed by atoms with Crippen LogP contribution >= 0.6 is 0 Å². The van der Waals surface area contributed by atoms with Crippen LogP contribution in [0.25, 0.3) is 0 Å². The predicted octanol–water partition coefficient (Wildman–Crippen LogP) is 0.537. The molecular formula is C12H23N3O3. The molecule has 1 rings (SSSR count). The molecule has 4 N–H and O–H groups in total. The first kappa shape index (κ1) is 14.8. The second-order valence-corrected chi connectivity index (χ2v) is 4.84. The van der Waals surface area contributed by atoms with E-state index in [0.29, 0.717) is 6.42 Å². The maximum absolute atomic E-state index is 11.7. The molecule has 6 nitrogen and oxygen atoms in total. The largest absolute Gasteiger partial charge is 0.480 e. The van der Waals surface area contributed by atoms with E-state index in [0.717, 1.165) is 25.9 Å². The lowest BCUT2D eigenvalue weighted by molar-refractivity contribution is -0.140. The zero-order chi connectivity index (χ0) is 13.5. The van der Waals surface area contributed by atoms with Crippen molar-refractivity contribution < 1.29 is 14.7 Å². The molecule has 1 saturated heterocycles. The SMILES string of the molecule is CCC(C)[C@H](NC(=O)NC1CCNCC1)C(=O)O. The van der Waals surface area contributed by atoms with Gasteiger partial charge in [0.25, 0.3) is 0 Å². The Morgan fingerprint density at radius 1 is 1.39 bits per heavy atom. The number of carbonyl (C=O) groups is 2. The van der Waals surface area contributed by atoms with Crippen LogP contribution in [0.15, 0.2) is 0 Å². The minimum absolute atomic E-state index is 0.0822. The number of carbonyl (C=O) groups excluding carboxylic acids is 1. The van der Waals surface area contributed by atoms with Gasteiger partial charge in [0.15, 0.2) is 0 Å². The number of carboxylic acid groups (broad SMARTS) is 1. The molecule has 1 aliphatic rings. The van der Waals surface area contributed by atoms with Crippen LogP contribution in [0.4, 0.5) is 4.79 Å². The van der Waals surface area contributed by atoms with Crippen molar-refractivity contribution >= 4 is 12.0 Å². The monoisotopic (exact) mass is 257 g/mol. The fourth-order valence-corrected chi connectivity index (χ4v) is 2.02. The topological polar surface area (TPSA) is 90.5 Å². The van der Waals surface area contributed by atoms with Gasteiger partial charge in [0.1, 0.15) is 6.04 Å². The Kier molecular flexibility index (Phi) is 5.91. The van der Waals surface area contributed by atoms with Gasteiger partial charge < -0.3 is 21.1 Å². The average molecular weight is 257 g/mol. The van der Waals surface area contributed by atoms with Gasteiger partial charge in [-0.1, -0.05) is 20.3 Å². The number of aliphatic carboxylic acids is 1. The first-order valence-corrected chi connectivity index (χ1v) is 6.55. The van der Waals surface area contributed by atoms with Crippen molar-refractivity contribution in [1.82, 2.24) is 16.0 Å². The summed E-state index contributed by atoms with van der Waals surface area (Å²) in [5.41, 5.74) is 0. The molecule has 1 fully saturated rings. The number of hydrogen-bond donors (Lipinski definition) is 4. The number of amides is 2. The molecule has 1 aliphatic heterocycles. The summed E-state index contributed by atoms with van der Waals surface area (Å²) in [7, 11) is 0. The Hall–Kier alpha value is -1.30. The van der Waals surface area contributed by atoms with Gasteiger partial charge in [0, 0.05) is 6.04 Å². The van der Waals surface area contributed by atoms with Crippen LogP contribution in [0.5, 0.6) is 0 Å². The van der Waals surface area contributed by atoms with E-state index in [-0.39, 0.29) is 18.0 Å². The fourth-order valence-electron chi connectivity index (χ4n) is 2.02. The minimum atomic E-state index is -0.982. The van der Waals surface area contributed by atoms with Crippen molar-refractivity contribution in [1.29, 1.82) is 0 Å². The Labute approximate surface area is 108 Å².